The summed E-state index contributed by atoms with van der Waals surface area (Å²) in [7, 11) is 0. The molecule has 0 bridgehead atoms. The van der Waals surface area contributed by atoms with Crippen molar-refractivity contribution in [2.75, 3.05) is 6.61 Å². The zero-order chi connectivity index (χ0) is 12.4. The second-order valence-corrected chi connectivity index (χ2v) is 4.44. The molecule has 0 unspecified atom stereocenters. The summed E-state index contributed by atoms with van der Waals surface area (Å²) in [6.07, 6.45) is 2.56. The van der Waals surface area contributed by atoms with E-state index in [-0.39, 0.29) is 0 Å². The van der Waals surface area contributed by atoms with Crippen molar-refractivity contribution in [2.24, 2.45) is 5.73 Å². The molecular weight excluding hydrogens is 234 g/mol. The fourth-order valence-corrected chi connectivity index (χ4v) is 1.73. The first-order valence-corrected chi connectivity index (χ1v) is 5.86. The average molecular weight is 249 g/mol. The number of imidazole rings is 1. The number of aromatic nitrogens is 2. The van der Waals surface area contributed by atoms with Crippen molar-refractivity contribution >= 4 is 22.9 Å². The third-order valence-corrected chi connectivity index (χ3v) is 2.90. The maximum absolute atomic E-state index is 5.65. The molecular formula is C12H15N3OS. The zero-order valence-corrected chi connectivity index (χ0v) is 10.8. The number of thiocarbonyl (C=S) groups is 1. The Labute approximate surface area is 105 Å². The Bertz CT molecular complexity index is 562. The minimum Gasteiger partial charge on any atom is -0.489 e. The van der Waals surface area contributed by atoms with Gasteiger partial charge in [0.15, 0.2) is 11.4 Å². The van der Waals surface area contributed by atoms with Crippen LogP contribution in [0.3, 0.4) is 0 Å². The van der Waals surface area contributed by atoms with Gasteiger partial charge in [0.2, 0.25) is 0 Å². The fraction of sp³-hybridized carbons (Fsp3) is 0.333. The van der Waals surface area contributed by atoms with Crippen molar-refractivity contribution in [2.45, 2.75) is 20.3 Å². The van der Waals surface area contributed by atoms with Crippen LogP contribution in [0.4, 0.5) is 0 Å². The quantitative estimate of drug-likeness (QED) is 0.842. The van der Waals surface area contributed by atoms with Gasteiger partial charge in [-0.3, -0.25) is 0 Å². The predicted molar refractivity (Wildman–Crippen MR) is 71.6 cm³/mol. The summed E-state index contributed by atoms with van der Waals surface area (Å²) in [6, 6.07) is 3.85. The SMILES string of the molecule is Cc1nc2c(OCCC(N)=S)cccn2c1C. The van der Waals surface area contributed by atoms with Gasteiger partial charge in [-0.1, -0.05) is 12.2 Å². The molecule has 2 aromatic heterocycles. The lowest BCUT2D eigenvalue weighted by atomic mass is 10.4. The van der Waals surface area contributed by atoms with Gasteiger partial charge in [-0.05, 0) is 26.0 Å². The van der Waals surface area contributed by atoms with Crippen LogP contribution in [0.1, 0.15) is 17.8 Å². The van der Waals surface area contributed by atoms with Gasteiger partial charge in [0, 0.05) is 18.3 Å². The smallest absolute Gasteiger partial charge is 0.180 e. The first-order chi connectivity index (χ1) is 8.09. The largest absolute Gasteiger partial charge is 0.489 e. The molecule has 0 amide bonds. The molecule has 0 radical (unpaired) electrons. The van der Waals surface area contributed by atoms with Gasteiger partial charge >= 0.3 is 0 Å². The normalized spacial score (nSPS) is 10.7. The van der Waals surface area contributed by atoms with E-state index >= 15 is 0 Å². The number of nitrogens with two attached hydrogens (primary N) is 1. The second-order valence-electron chi connectivity index (χ2n) is 3.91. The molecule has 2 rings (SSSR count). The Hall–Kier alpha value is -1.62. The standard InChI is InChI=1S/C12H15N3OS/c1-8-9(2)15-6-3-4-10(12(15)14-8)16-7-5-11(13)17/h3-4,6H,5,7H2,1-2H3,(H2,13,17). The van der Waals surface area contributed by atoms with E-state index in [4.69, 9.17) is 22.7 Å². The Kier molecular flexibility index (Phi) is 3.28. The summed E-state index contributed by atoms with van der Waals surface area (Å²) < 4.78 is 7.67. The van der Waals surface area contributed by atoms with Crippen molar-refractivity contribution in [1.29, 1.82) is 0 Å². The van der Waals surface area contributed by atoms with E-state index in [1.54, 1.807) is 0 Å². The van der Waals surface area contributed by atoms with Gasteiger partial charge in [-0.25, -0.2) is 4.98 Å². The van der Waals surface area contributed by atoms with Crippen LogP contribution in [-0.4, -0.2) is 21.0 Å². The van der Waals surface area contributed by atoms with Crippen molar-refractivity contribution in [1.82, 2.24) is 9.38 Å². The molecule has 0 atom stereocenters. The van der Waals surface area contributed by atoms with Crippen LogP contribution >= 0.6 is 12.2 Å². The number of aryl methyl sites for hydroxylation is 2. The van der Waals surface area contributed by atoms with Gasteiger partial charge in [-0.15, -0.1) is 0 Å². The van der Waals surface area contributed by atoms with E-state index in [9.17, 15) is 0 Å². The molecule has 0 saturated heterocycles. The van der Waals surface area contributed by atoms with E-state index in [0.29, 0.717) is 18.0 Å². The van der Waals surface area contributed by atoms with E-state index in [0.717, 1.165) is 22.8 Å². The Morgan fingerprint density at radius 3 is 3.00 bits per heavy atom. The summed E-state index contributed by atoms with van der Waals surface area (Å²) >= 11 is 4.81. The fourth-order valence-electron chi connectivity index (χ4n) is 1.65. The summed E-state index contributed by atoms with van der Waals surface area (Å²) in [6.45, 7) is 4.51. The highest BCUT2D eigenvalue weighted by atomic mass is 32.1. The second kappa shape index (κ2) is 4.71. The summed E-state index contributed by atoms with van der Waals surface area (Å²) in [4.78, 5) is 4.95. The molecule has 0 saturated carbocycles. The first-order valence-electron chi connectivity index (χ1n) is 5.45. The number of ether oxygens (including phenoxy) is 1. The van der Waals surface area contributed by atoms with Crippen molar-refractivity contribution in [3.05, 3.63) is 29.7 Å². The molecule has 0 aliphatic carbocycles. The van der Waals surface area contributed by atoms with Crippen molar-refractivity contribution < 1.29 is 4.74 Å². The van der Waals surface area contributed by atoms with Crippen LogP contribution in [0, 0.1) is 13.8 Å². The Morgan fingerprint density at radius 1 is 1.53 bits per heavy atom. The van der Waals surface area contributed by atoms with Crippen LogP contribution in [0.2, 0.25) is 0 Å². The lowest BCUT2D eigenvalue weighted by Gasteiger charge is -2.06. The number of hydrogen-bond acceptors (Lipinski definition) is 3. The monoisotopic (exact) mass is 249 g/mol. The molecule has 0 spiro atoms. The van der Waals surface area contributed by atoms with Crippen LogP contribution in [0.25, 0.3) is 5.65 Å². The highest BCUT2D eigenvalue weighted by Crippen LogP contribution is 2.21. The molecule has 0 aliphatic rings. The molecule has 0 aliphatic heterocycles. The van der Waals surface area contributed by atoms with E-state index in [1.165, 1.54) is 0 Å². The summed E-state index contributed by atoms with van der Waals surface area (Å²) in [5, 5.41) is 0. The Balaban J connectivity index is 2.28. The lowest BCUT2D eigenvalue weighted by Crippen LogP contribution is -2.12. The number of nitrogens with zero attached hydrogens (tertiary/aromatic N) is 2. The molecule has 0 aromatic carbocycles. The maximum atomic E-state index is 5.65. The van der Waals surface area contributed by atoms with E-state index in [1.807, 2.05) is 36.6 Å². The van der Waals surface area contributed by atoms with Gasteiger partial charge in [0.25, 0.3) is 0 Å². The highest BCUT2D eigenvalue weighted by Gasteiger charge is 2.08. The van der Waals surface area contributed by atoms with Gasteiger partial charge in [-0.2, -0.15) is 0 Å². The number of fused-ring (bicyclic) bond motifs is 1. The molecule has 0 fully saturated rings. The summed E-state index contributed by atoms with van der Waals surface area (Å²) in [5.41, 5.74) is 8.40. The molecule has 2 aromatic rings. The van der Waals surface area contributed by atoms with E-state index < -0.39 is 0 Å². The van der Waals surface area contributed by atoms with E-state index in [2.05, 4.69) is 4.98 Å². The molecule has 90 valence electrons. The van der Waals surface area contributed by atoms with Crippen molar-refractivity contribution in [3.8, 4) is 5.75 Å². The van der Waals surface area contributed by atoms with Gasteiger partial charge < -0.3 is 14.9 Å². The third-order valence-electron chi connectivity index (χ3n) is 2.70. The molecule has 2 heterocycles. The van der Waals surface area contributed by atoms with Crippen LogP contribution in [-0.2, 0) is 0 Å². The van der Waals surface area contributed by atoms with Crippen LogP contribution in [0.5, 0.6) is 5.75 Å². The van der Waals surface area contributed by atoms with Gasteiger partial charge in [0.1, 0.15) is 0 Å². The third kappa shape index (κ3) is 2.39. The molecule has 2 N–H and O–H groups in total. The number of rotatable bonds is 4. The minimum atomic E-state index is 0.465. The number of hydrogen-bond donors (Lipinski definition) is 1. The topological polar surface area (TPSA) is 52.5 Å². The molecule has 4 nitrogen and oxygen atoms in total. The predicted octanol–water partition coefficient (Wildman–Crippen LogP) is 2.01. The minimum absolute atomic E-state index is 0.465. The lowest BCUT2D eigenvalue weighted by molar-refractivity contribution is 0.331. The van der Waals surface area contributed by atoms with Crippen LogP contribution < -0.4 is 10.5 Å². The highest BCUT2D eigenvalue weighted by molar-refractivity contribution is 7.80. The zero-order valence-electron chi connectivity index (χ0n) is 9.93. The summed E-state index contributed by atoms with van der Waals surface area (Å²) in [5.74, 6) is 0.764. The maximum Gasteiger partial charge on any atom is 0.180 e. The van der Waals surface area contributed by atoms with Gasteiger partial charge in [0.05, 0.1) is 17.3 Å². The molecule has 5 heteroatoms. The number of pyridine rings is 1. The Morgan fingerprint density at radius 2 is 2.29 bits per heavy atom. The molecule has 17 heavy (non-hydrogen) atoms. The van der Waals surface area contributed by atoms with Crippen molar-refractivity contribution in [3.63, 3.8) is 0 Å². The van der Waals surface area contributed by atoms with Crippen LogP contribution in [0.15, 0.2) is 18.3 Å². The first kappa shape index (κ1) is 11.9. The average Bonchev–Trinajstić information content (AvgIpc) is 2.56.